The number of rotatable bonds is 5. The summed E-state index contributed by atoms with van der Waals surface area (Å²) in [7, 11) is -3.55. The Kier molecular flexibility index (Phi) is 6.00. The van der Waals surface area contributed by atoms with Crippen molar-refractivity contribution in [3.63, 3.8) is 0 Å². The molecule has 0 heterocycles. The summed E-state index contributed by atoms with van der Waals surface area (Å²) in [6, 6.07) is 7.08. The third-order valence-corrected chi connectivity index (χ3v) is 5.11. The maximum atomic E-state index is 12.3. The molecular weight excluding hydrogens is 296 g/mol. The highest BCUT2D eigenvalue weighted by molar-refractivity contribution is 7.89. The van der Waals surface area contributed by atoms with Crippen molar-refractivity contribution in [1.29, 1.82) is 0 Å². The lowest BCUT2D eigenvalue weighted by atomic mass is 10.0. The average molecular weight is 322 g/mol. The minimum Gasteiger partial charge on any atom is -0.200 e. The third kappa shape index (κ3) is 5.13. The van der Waals surface area contributed by atoms with Crippen molar-refractivity contribution >= 4 is 15.7 Å². The molecule has 0 atom stereocenters. The van der Waals surface area contributed by atoms with Crippen LogP contribution in [0.15, 0.2) is 34.3 Å². The average Bonchev–Trinajstić information content (AvgIpc) is 2.74. The Hall–Kier alpha value is -1.36. The fraction of sp³-hybridized carbons (Fsp3) is 0.588. The van der Waals surface area contributed by atoms with Gasteiger partial charge in [0.2, 0.25) is 0 Å². The fourth-order valence-corrected chi connectivity index (χ4v) is 3.55. The highest BCUT2D eigenvalue weighted by atomic mass is 32.2. The molecule has 1 fully saturated rings. The normalized spacial score (nSPS) is 16.4. The SMILES string of the molecule is CC(C)Cc1ccc(S(=O)(=O)NN=C2CCCCCC2)cc1. The summed E-state index contributed by atoms with van der Waals surface area (Å²) < 4.78 is 24.6. The molecule has 1 aliphatic rings. The zero-order valence-electron chi connectivity index (χ0n) is 13.5. The molecule has 4 nitrogen and oxygen atoms in total. The Balaban J connectivity index is 2.04. The van der Waals surface area contributed by atoms with E-state index >= 15 is 0 Å². The van der Waals surface area contributed by atoms with Gasteiger partial charge in [0.15, 0.2) is 0 Å². The molecule has 1 N–H and O–H groups in total. The number of hydrogen-bond donors (Lipinski definition) is 1. The Morgan fingerprint density at radius 3 is 2.18 bits per heavy atom. The van der Waals surface area contributed by atoms with Gasteiger partial charge in [-0.25, -0.2) is 4.83 Å². The second kappa shape index (κ2) is 7.77. The molecule has 122 valence electrons. The lowest BCUT2D eigenvalue weighted by Crippen LogP contribution is -2.20. The molecule has 0 radical (unpaired) electrons. The van der Waals surface area contributed by atoms with Crippen molar-refractivity contribution in [1.82, 2.24) is 4.83 Å². The molecule has 2 rings (SSSR count). The van der Waals surface area contributed by atoms with E-state index in [0.29, 0.717) is 5.92 Å². The van der Waals surface area contributed by atoms with Gasteiger partial charge in [0.05, 0.1) is 4.90 Å². The number of hydrogen-bond acceptors (Lipinski definition) is 3. The van der Waals surface area contributed by atoms with E-state index in [1.54, 1.807) is 12.1 Å². The van der Waals surface area contributed by atoms with Crippen molar-refractivity contribution in [3.05, 3.63) is 29.8 Å². The third-order valence-electron chi connectivity index (χ3n) is 3.88. The summed E-state index contributed by atoms with van der Waals surface area (Å²) in [5.41, 5.74) is 2.13. The van der Waals surface area contributed by atoms with Crippen LogP contribution in [-0.4, -0.2) is 14.1 Å². The van der Waals surface area contributed by atoms with E-state index in [2.05, 4.69) is 23.8 Å². The van der Waals surface area contributed by atoms with Crippen LogP contribution in [0.4, 0.5) is 0 Å². The highest BCUT2D eigenvalue weighted by Gasteiger charge is 2.14. The Labute approximate surface area is 134 Å². The van der Waals surface area contributed by atoms with Gasteiger partial charge < -0.3 is 0 Å². The van der Waals surface area contributed by atoms with Gasteiger partial charge in [-0.05, 0) is 55.7 Å². The monoisotopic (exact) mass is 322 g/mol. The number of nitrogens with one attached hydrogen (secondary N) is 1. The Bertz CT molecular complexity index is 594. The molecule has 0 amide bonds. The first-order valence-corrected chi connectivity index (χ1v) is 9.62. The van der Waals surface area contributed by atoms with Gasteiger partial charge in [-0.2, -0.15) is 13.5 Å². The predicted octanol–water partition coefficient (Wildman–Crippen LogP) is 3.87. The zero-order valence-corrected chi connectivity index (χ0v) is 14.3. The molecule has 0 spiro atoms. The van der Waals surface area contributed by atoms with Gasteiger partial charge in [-0.3, -0.25) is 0 Å². The van der Waals surface area contributed by atoms with Crippen LogP contribution in [0.3, 0.4) is 0 Å². The van der Waals surface area contributed by atoms with Crippen LogP contribution in [0.5, 0.6) is 0 Å². The highest BCUT2D eigenvalue weighted by Crippen LogP contribution is 2.16. The lowest BCUT2D eigenvalue weighted by molar-refractivity contribution is 0.584. The van der Waals surface area contributed by atoms with Crippen molar-refractivity contribution in [3.8, 4) is 0 Å². The predicted molar refractivity (Wildman–Crippen MR) is 90.4 cm³/mol. The lowest BCUT2D eigenvalue weighted by Gasteiger charge is -2.08. The minimum atomic E-state index is -3.55. The van der Waals surface area contributed by atoms with Crippen LogP contribution in [0.25, 0.3) is 0 Å². The van der Waals surface area contributed by atoms with E-state index in [-0.39, 0.29) is 4.90 Å². The number of nitrogens with zero attached hydrogens (tertiary/aromatic N) is 1. The molecule has 5 heteroatoms. The quantitative estimate of drug-likeness (QED) is 0.661. The molecule has 1 saturated carbocycles. The molecule has 0 aliphatic heterocycles. The fourth-order valence-electron chi connectivity index (χ4n) is 2.70. The van der Waals surface area contributed by atoms with Crippen LogP contribution < -0.4 is 4.83 Å². The second-order valence-electron chi connectivity index (χ2n) is 6.43. The summed E-state index contributed by atoms with van der Waals surface area (Å²) in [5, 5.41) is 4.14. The van der Waals surface area contributed by atoms with Gasteiger partial charge in [0, 0.05) is 5.71 Å². The number of benzene rings is 1. The molecule has 0 bridgehead atoms. The first-order chi connectivity index (χ1) is 10.5. The first-order valence-electron chi connectivity index (χ1n) is 8.13. The van der Waals surface area contributed by atoms with Crippen molar-refractivity contribution in [2.45, 2.75) is 63.7 Å². The summed E-state index contributed by atoms with van der Waals surface area (Å²) >= 11 is 0. The minimum absolute atomic E-state index is 0.276. The Morgan fingerprint density at radius 1 is 1.05 bits per heavy atom. The molecule has 1 aromatic carbocycles. The van der Waals surface area contributed by atoms with E-state index in [9.17, 15) is 8.42 Å². The van der Waals surface area contributed by atoms with Gasteiger partial charge in [-0.1, -0.05) is 38.8 Å². The van der Waals surface area contributed by atoms with Crippen molar-refractivity contribution < 1.29 is 8.42 Å². The molecule has 1 aliphatic carbocycles. The molecule has 0 saturated heterocycles. The Morgan fingerprint density at radius 2 is 1.64 bits per heavy atom. The van der Waals surface area contributed by atoms with E-state index < -0.39 is 10.0 Å². The molecule has 0 aromatic heterocycles. The second-order valence-corrected chi connectivity index (χ2v) is 8.09. The van der Waals surface area contributed by atoms with E-state index in [4.69, 9.17) is 0 Å². The van der Waals surface area contributed by atoms with Crippen LogP contribution in [0.1, 0.15) is 57.9 Å². The zero-order chi connectivity index (χ0) is 16.0. The largest absolute Gasteiger partial charge is 0.276 e. The van der Waals surface area contributed by atoms with Gasteiger partial charge in [0.1, 0.15) is 0 Å². The molecule has 0 unspecified atom stereocenters. The van der Waals surface area contributed by atoms with Crippen molar-refractivity contribution in [2.24, 2.45) is 11.0 Å². The molecule has 22 heavy (non-hydrogen) atoms. The standard InChI is InChI=1S/C17H26N2O2S/c1-14(2)13-15-9-11-17(12-10-15)22(20,21)19-18-16-7-5-3-4-6-8-16/h9-12,14,19H,3-8,13H2,1-2H3. The molecular formula is C17H26N2O2S. The van der Waals surface area contributed by atoms with Crippen LogP contribution in [0.2, 0.25) is 0 Å². The maximum absolute atomic E-state index is 12.3. The summed E-state index contributed by atoms with van der Waals surface area (Å²) in [5.74, 6) is 0.558. The van der Waals surface area contributed by atoms with Gasteiger partial charge >= 0.3 is 0 Å². The van der Waals surface area contributed by atoms with Crippen LogP contribution in [0, 0.1) is 5.92 Å². The smallest absolute Gasteiger partial charge is 0.200 e. The topological polar surface area (TPSA) is 58.5 Å². The molecule has 1 aromatic rings. The summed E-state index contributed by atoms with van der Waals surface area (Å²) in [4.78, 5) is 2.67. The van der Waals surface area contributed by atoms with Crippen LogP contribution >= 0.6 is 0 Å². The summed E-state index contributed by atoms with van der Waals surface area (Å²) in [6.45, 7) is 4.30. The first kappa shape index (κ1) is 17.0. The summed E-state index contributed by atoms with van der Waals surface area (Å²) in [6.07, 6.45) is 7.38. The maximum Gasteiger partial charge on any atom is 0.276 e. The van der Waals surface area contributed by atoms with Crippen LogP contribution in [-0.2, 0) is 16.4 Å². The van der Waals surface area contributed by atoms with Crippen molar-refractivity contribution in [2.75, 3.05) is 0 Å². The number of sulfonamides is 1. The number of hydrazone groups is 1. The van der Waals surface area contributed by atoms with E-state index in [1.807, 2.05) is 12.1 Å². The van der Waals surface area contributed by atoms with E-state index in [1.165, 1.54) is 12.8 Å². The van der Waals surface area contributed by atoms with Gasteiger partial charge in [-0.15, -0.1) is 0 Å². The van der Waals surface area contributed by atoms with E-state index in [0.717, 1.165) is 43.4 Å². The van der Waals surface area contributed by atoms with Gasteiger partial charge in [0.25, 0.3) is 10.0 Å².